The molecule has 1 amide bonds. The highest BCUT2D eigenvalue weighted by molar-refractivity contribution is 7.99. The van der Waals surface area contributed by atoms with Crippen LogP contribution in [0.1, 0.15) is 22.5 Å². The zero-order chi connectivity index (χ0) is 22.5. The Hall–Kier alpha value is -3.03. The summed E-state index contributed by atoms with van der Waals surface area (Å²) < 4.78 is 3.93. The smallest absolute Gasteiger partial charge is 0.230 e. The Morgan fingerprint density at radius 1 is 1.09 bits per heavy atom. The number of aromatic nitrogens is 4. The van der Waals surface area contributed by atoms with Gasteiger partial charge in [0.2, 0.25) is 5.91 Å². The highest BCUT2D eigenvalue weighted by atomic mass is 35.5. The van der Waals surface area contributed by atoms with E-state index in [9.17, 15) is 4.79 Å². The van der Waals surface area contributed by atoms with Gasteiger partial charge in [-0.3, -0.25) is 14.0 Å². The minimum atomic E-state index is -0.0461. The molecule has 0 saturated heterocycles. The van der Waals surface area contributed by atoms with Crippen molar-refractivity contribution >= 4 is 29.3 Å². The summed E-state index contributed by atoms with van der Waals surface area (Å²) in [5.74, 6) is 0.233. The van der Waals surface area contributed by atoms with Crippen LogP contribution in [0.25, 0.3) is 5.69 Å². The predicted octanol–water partition coefficient (Wildman–Crippen LogP) is 4.80. The lowest BCUT2D eigenvalue weighted by atomic mass is 10.2. The maximum Gasteiger partial charge on any atom is 0.230 e. The molecule has 0 atom stereocenters. The van der Waals surface area contributed by atoms with Gasteiger partial charge in [-0.05, 0) is 43.7 Å². The Balaban J connectivity index is 1.34. The average Bonchev–Trinajstić information content (AvgIpc) is 3.36. The van der Waals surface area contributed by atoms with Gasteiger partial charge >= 0.3 is 0 Å². The van der Waals surface area contributed by atoms with Gasteiger partial charge in [0.15, 0.2) is 5.16 Å². The molecule has 32 heavy (non-hydrogen) atoms. The predicted molar refractivity (Wildman–Crippen MR) is 128 cm³/mol. The van der Waals surface area contributed by atoms with Crippen molar-refractivity contribution in [1.82, 2.24) is 24.6 Å². The number of nitrogens with one attached hydrogen (secondary N) is 1. The molecule has 6 nitrogen and oxygen atoms in total. The fourth-order valence-electron chi connectivity index (χ4n) is 3.46. The molecule has 2 aromatic carbocycles. The molecule has 2 heterocycles. The van der Waals surface area contributed by atoms with E-state index >= 15 is 0 Å². The molecule has 8 heteroatoms. The van der Waals surface area contributed by atoms with Crippen LogP contribution in [0.2, 0.25) is 5.02 Å². The third-order valence-corrected chi connectivity index (χ3v) is 6.43. The molecule has 2 aromatic heterocycles. The number of hydrogen-bond donors (Lipinski definition) is 1. The van der Waals surface area contributed by atoms with E-state index in [-0.39, 0.29) is 11.7 Å². The van der Waals surface area contributed by atoms with Crippen LogP contribution in [0.4, 0.5) is 0 Å². The van der Waals surface area contributed by atoms with Crippen molar-refractivity contribution in [3.05, 3.63) is 94.5 Å². The van der Waals surface area contributed by atoms with Gasteiger partial charge in [-0.2, -0.15) is 5.10 Å². The normalized spacial score (nSPS) is 11.0. The largest absolute Gasteiger partial charge is 0.351 e. The molecule has 0 fully saturated rings. The van der Waals surface area contributed by atoms with E-state index in [1.54, 1.807) is 6.20 Å². The van der Waals surface area contributed by atoms with Crippen LogP contribution >= 0.6 is 23.4 Å². The van der Waals surface area contributed by atoms with E-state index in [1.807, 2.05) is 71.8 Å². The van der Waals surface area contributed by atoms with Crippen molar-refractivity contribution < 1.29 is 4.79 Å². The molecule has 0 radical (unpaired) electrons. The van der Waals surface area contributed by atoms with Crippen LogP contribution < -0.4 is 5.32 Å². The first-order valence-corrected chi connectivity index (χ1v) is 11.6. The van der Waals surface area contributed by atoms with Crippen LogP contribution in [0.15, 0.2) is 72.1 Å². The standard InChI is InChI=1S/C24H24ClN5OS/c1-17-22(18(2)30(28-17)15-19-6-4-3-5-7-19)14-27-23(31)16-32-24-26-12-13-29(24)21-10-8-20(25)9-11-21/h3-13H,14-16H2,1-2H3,(H,27,31). The van der Waals surface area contributed by atoms with E-state index < -0.39 is 0 Å². The number of imidazole rings is 1. The second kappa shape index (κ2) is 10.1. The van der Waals surface area contributed by atoms with E-state index in [1.165, 1.54) is 17.3 Å². The summed E-state index contributed by atoms with van der Waals surface area (Å²) in [6, 6.07) is 17.7. The van der Waals surface area contributed by atoms with Crippen molar-refractivity contribution in [2.24, 2.45) is 0 Å². The van der Waals surface area contributed by atoms with Crippen molar-refractivity contribution in [2.45, 2.75) is 32.1 Å². The number of aryl methyl sites for hydroxylation is 1. The molecule has 0 saturated carbocycles. The first kappa shape index (κ1) is 22.2. The molecule has 0 unspecified atom stereocenters. The van der Waals surface area contributed by atoms with Crippen molar-refractivity contribution in [2.75, 3.05) is 5.75 Å². The Morgan fingerprint density at radius 2 is 1.84 bits per heavy atom. The third-order valence-electron chi connectivity index (χ3n) is 5.21. The molecule has 4 aromatic rings. The van der Waals surface area contributed by atoms with Crippen molar-refractivity contribution in [3.63, 3.8) is 0 Å². The summed E-state index contributed by atoms with van der Waals surface area (Å²) in [5, 5.41) is 9.11. The van der Waals surface area contributed by atoms with Gasteiger partial charge in [0.1, 0.15) is 0 Å². The summed E-state index contributed by atoms with van der Waals surface area (Å²) in [6.45, 7) is 5.19. The van der Waals surface area contributed by atoms with Gasteiger partial charge in [-0.25, -0.2) is 4.98 Å². The first-order chi connectivity index (χ1) is 15.5. The van der Waals surface area contributed by atoms with Crippen LogP contribution in [-0.2, 0) is 17.9 Å². The number of amides is 1. The number of carbonyl (C=O) groups is 1. The molecule has 0 bridgehead atoms. The van der Waals surface area contributed by atoms with Gasteiger partial charge in [0, 0.05) is 40.9 Å². The fourth-order valence-corrected chi connectivity index (χ4v) is 4.39. The summed E-state index contributed by atoms with van der Waals surface area (Å²) in [5.41, 5.74) is 5.21. The highest BCUT2D eigenvalue weighted by Crippen LogP contribution is 2.22. The van der Waals surface area contributed by atoms with Crippen molar-refractivity contribution in [1.29, 1.82) is 0 Å². The summed E-state index contributed by atoms with van der Waals surface area (Å²) in [7, 11) is 0. The molecule has 0 aliphatic rings. The lowest BCUT2D eigenvalue weighted by Crippen LogP contribution is -2.25. The van der Waals surface area contributed by atoms with E-state index in [0.717, 1.165) is 27.8 Å². The maximum atomic E-state index is 12.5. The van der Waals surface area contributed by atoms with E-state index in [4.69, 9.17) is 11.6 Å². The Labute approximate surface area is 196 Å². The topological polar surface area (TPSA) is 64.7 Å². The van der Waals surface area contributed by atoms with Gasteiger partial charge in [0.05, 0.1) is 18.0 Å². The summed E-state index contributed by atoms with van der Waals surface area (Å²) >= 11 is 7.37. The zero-order valence-electron chi connectivity index (χ0n) is 18.0. The molecule has 0 aliphatic carbocycles. The highest BCUT2D eigenvalue weighted by Gasteiger charge is 2.14. The Bertz CT molecular complexity index is 1200. The quantitative estimate of drug-likeness (QED) is 0.380. The molecule has 1 N–H and O–H groups in total. The van der Waals surface area contributed by atoms with Crippen LogP contribution in [0.5, 0.6) is 0 Å². The summed E-state index contributed by atoms with van der Waals surface area (Å²) in [4.78, 5) is 16.9. The number of halogens is 1. The molecule has 164 valence electrons. The number of hydrogen-bond acceptors (Lipinski definition) is 4. The maximum absolute atomic E-state index is 12.5. The average molecular weight is 466 g/mol. The third kappa shape index (κ3) is 5.23. The van der Waals surface area contributed by atoms with Crippen LogP contribution in [-0.4, -0.2) is 31.0 Å². The van der Waals surface area contributed by atoms with E-state index in [0.29, 0.717) is 18.1 Å². The Kier molecular flexibility index (Phi) is 6.97. The molecule has 0 aliphatic heterocycles. The minimum absolute atomic E-state index is 0.0461. The number of carbonyl (C=O) groups excluding carboxylic acids is 1. The fraction of sp³-hybridized carbons (Fsp3) is 0.208. The number of benzene rings is 2. The number of nitrogens with zero attached hydrogens (tertiary/aromatic N) is 4. The van der Waals surface area contributed by atoms with E-state index in [2.05, 4.69) is 27.5 Å². The van der Waals surface area contributed by atoms with Gasteiger partial charge in [0.25, 0.3) is 0 Å². The van der Waals surface area contributed by atoms with Gasteiger partial charge in [-0.1, -0.05) is 53.7 Å². The second-order valence-electron chi connectivity index (χ2n) is 7.41. The molecule has 4 rings (SSSR count). The monoisotopic (exact) mass is 465 g/mol. The Morgan fingerprint density at radius 3 is 2.59 bits per heavy atom. The summed E-state index contributed by atoms with van der Waals surface area (Å²) in [6.07, 6.45) is 3.60. The van der Waals surface area contributed by atoms with Crippen molar-refractivity contribution in [3.8, 4) is 5.69 Å². The lowest BCUT2D eigenvalue weighted by Gasteiger charge is -2.09. The molecular weight excluding hydrogens is 442 g/mol. The first-order valence-electron chi connectivity index (χ1n) is 10.3. The van der Waals surface area contributed by atoms with Gasteiger partial charge < -0.3 is 5.32 Å². The number of thioether (sulfide) groups is 1. The molecule has 0 spiro atoms. The zero-order valence-corrected chi connectivity index (χ0v) is 19.5. The van der Waals surface area contributed by atoms with Crippen LogP contribution in [0, 0.1) is 13.8 Å². The van der Waals surface area contributed by atoms with Gasteiger partial charge in [-0.15, -0.1) is 0 Å². The van der Waals surface area contributed by atoms with Crippen LogP contribution in [0.3, 0.4) is 0 Å². The SMILES string of the molecule is Cc1nn(Cc2ccccc2)c(C)c1CNC(=O)CSc1nccn1-c1ccc(Cl)cc1. The molecular formula is C24H24ClN5OS. The second-order valence-corrected chi connectivity index (χ2v) is 8.79. The minimum Gasteiger partial charge on any atom is -0.351 e. The lowest BCUT2D eigenvalue weighted by molar-refractivity contribution is -0.118. The number of rotatable bonds is 8.